The van der Waals surface area contributed by atoms with E-state index in [1.54, 1.807) is 0 Å². The van der Waals surface area contributed by atoms with Crippen LogP contribution < -0.4 is 5.32 Å². The van der Waals surface area contributed by atoms with Crippen molar-refractivity contribution in [2.24, 2.45) is 5.41 Å². The lowest BCUT2D eigenvalue weighted by Gasteiger charge is -2.40. The Bertz CT molecular complexity index is 237. The highest BCUT2D eigenvalue weighted by molar-refractivity contribution is 4.91. The maximum Gasteiger partial charge on any atom is 0.0772 e. The van der Waals surface area contributed by atoms with Crippen LogP contribution in [0.4, 0.5) is 0 Å². The SMILES string of the molecule is C=CCCC(C)NCC1(O)CCC(C)(C)CC1. The molecule has 0 bridgehead atoms. The monoisotopic (exact) mass is 239 g/mol. The van der Waals surface area contributed by atoms with E-state index in [1.165, 1.54) is 0 Å². The molecule has 2 heteroatoms. The Morgan fingerprint density at radius 1 is 1.29 bits per heavy atom. The van der Waals surface area contributed by atoms with Crippen LogP contribution in [0, 0.1) is 5.41 Å². The highest BCUT2D eigenvalue weighted by atomic mass is 16.3. The summed E-state index contributed by atoms with van der Waals surface area (Å²) in [5.41, 5.74) is -0.0569. The van der Waals surface area contributed by atoms with Crippen LogP contribution in [0.3, 0.4) is 0 Å². The van der Waals surface area contributed by atoms with E-state index in [0.29, 0.717) is 11.5 Å². The molecule has 0 radical (unpaired) electrons. The van der Waals surface area contributed by atoms with E-state index in [9.17, 15) is 5.11 Å². The molecule has 1 unspecified atom stereocenters. The van der Waals surface area contributed by atoms with E-state index >= 15 is 0 Å². The topological polar surface area (TPSA) is 32.3 Å². The molecule has 1 aliphatic rings. The highest BCUT2D eigenvalue weighted by Gasteiger charge is 2.36. The van der Waals surface area contributed by atoms with Gasteiger partial charge in [0.1, 0.15) is 0 Å². The van der Waals surface area contributed by atoms with Crippen LogP contribution >= 0.6 is 0 Å². The molecule has 0 spiro atoms. The minimum absolute atomic E-state index is 0.417. The lowest BCUT2D eigenvalue weighted by molar-refractivity contribution is -0.0258. The van der Waals surface area contributed by atoms with Crippen molar-refractivity contribution in [2.75, 3.05) is 6.54 Å². The Morgan fingerprint density at radius 2 is 1.88 bits per heavy atom. The van der Waals surface area contributed by atoms with Crippen LogP contribution in [0.25, 0.3) is 0 Å². The summed E-state index contributed by atoms with van der Waals surface area (Å²) in [5.74, 6) is 0. The van der Waals surface area contributed by atoms with E-state index in [4.69, 9.17) is 0 Å². The first-order chi connectivity index (χ1) is 7.87. The Hall–Kier alpha value is -0.340. The number of rotatable bonds is 6. The van der Waals surface area contributed by atoms with Crippen molar-refractivity contribution in [3.05, 3.63) is 12.7 Å². The van der Waals surface area contributed by atoms with Gasteiger partial charge in [-0.15, -0.1) is 6.58 Å². The van der Waals surface area contributed by atoms with Crippen LogP contribution in [0.5, 0.6) is 0 Å². The predicted molar refractivity (Wildman–Crippen MR) is 74.1 cm³/mol. The van der Waals surface area contributed by atoms with Crippen molar-refractivity contribution >= 4 is 0 Å². The Labute approximate surface area is 106 Å². The summed E-state index contributed by atoms with van der Waals surface area (Å²) in [6, 6.07) is 0.465. The first-order valence-corrected chi connectivity index (χ1v) is 6.94. The fourth-order valence-corrected chi connectivity index (χ4v) is 2.40. The molecule has 0 aromatic carbocycles. The summed E-state index contributed by atoms with van der Waals surface area (Å²) in [6.45, 7) is 11.2. The van der Waals surface area contributed by atoms with Crippen LogP contribution in [0.15, 0.2) is 12.7 Å². The maximum absolute atomic E-state index is 10.5. The third kappa shape index (κ3) is 5.22. The van der Waals surface area contributed by atoms with Crippen molar-refractivity contribution in [2.45, 2.75) is 70.9 Å². The average molecular weight is 239 g/mol. The maximum atomic E-state index is 10.5. The van der Waals surface area contributed by atoms with Crippen molar-refractivity contribution < 1.29 is 5.11 Å². The molecule has 1 fully saturated rings. The minimum atomic E-state index is -0.474. The molecule has 17 heavy (non-hydrogen) atoms. The van der Waals surface area contributed by atoms with Gasteiger partial charge in [0.05, 0.1) is 5.60 Å². The van der Waals surface area contributed by atoms with E-state index in [0.717, 1.165) is 45.1 Å². The average Bonchev–Trinajstić information content (AvgIpc) is 2.29. The molecule has 1 aliphatic carbocycles. The minimum Gasteiger partial charge on any atom is -0.389 e. The van der Waals surface area contributed by atoms with Gasteiger partial charge >= 0.3 is 0 Å². The second-order valence-corrected chi connectivity index (χ2v) is 6.54. The predicted octanol–water partition coefficient (Wildman–Crippen LogP) is 3.26. The fourth-order valence-electron chi connectivity index (χ4n) is 2.40. The van der Waals surface area contributed by atoms with Gasteiger partial charge in [0.2, 0.25) is 0 Å². The molecule has 0 saturated heterocycles. The van der Waals surface area contributed by atoms with Gasteiger partial charge in [-0.1, -0.05) is 19.9 Å². The Kier molecular flexibility index (Phi) is 5.21. The van der Waals surface area contributed by atoms with E-state index < -0.39 is 5.60 Å². The standard InChI is InChI=1S/C15H29NO/c1-5-6-7-13(2)16-12-15(17)10-8-14(3,4)9-11-15/h5,13,16-17H,1,6-12H2,2-4H3. The third-order valence-corrected chi connectivity index (χ3v) is 4.12. The van der Waals surface area contributed by atoms with E-state index in [1.807, 2.05) is 6.08 Å². The largest absolute Gasteiger partial charge is 0.389 e. The van der Waals surface area contributed by atoms with Gasteiger partial charge in [-0.3, -0.25) is 0 Å². The van der Waals surface area contributed by atoms with Crippen molar-refractivity contribution in [3.63, 3.8) is 0 Å². The molecule has 100 valence electrons. The smallest absolute Gasteiger partial charge is 0.0772 e. The molecule has 0 heterocycles. The van der Waals surface area contributed by atoms with Crippen molar-refractivity contribution in [3.8, 4) is 0 Å². The zero-order valence-electron chi connectivity index (χ0n) is 11.8. The van der Waals surface area contributed by atoms with Gasteiger partial charge in [0, 0.05) is 12.6 Å². The summed E-state index contributed by atoms with van der Waals surface area (Å²) in [7, 11) is 0. The summed E-state index contributed by atoms with van der Waals surface area (Å²) < 4.78 is 0. The number of nitrogens with one attached hydrogen (secondary N) is 1. The van der Waals surface area contributed by atoms with Gasteiger partial charge in [0.15, 0.2) is 0 Å². The highest BCUT2D eigenvalue weighted by Crippen LogP contribution is 2.39. The van der Waals surface area contributed by atoms with Gasteiger partial charge < -0.3 is 10.4 Å². The molecular formula is C15H29NO. The number of aliphatic hydroxyl groups is 1. The summed E-state index contributed by atoms with van der Waals surface area (Å²) in [5, 5.41) is 14.0. The van der Waals surface area contributed by atoms with Crippen molar-refractivity contribution in [1.82, 2.24) is 5.32 Å². The first-order valence-electron chi connectivity index (χ1n) is 6.94. The summed E-state index contributed by atoms with van der Waals surface area (Å²) in [6.07, 6.45) is 8.22. The molecule has 0 aliphatic heterocycles. The van der Waals surface area contributed by atoms with E-state index in [2.05, 4.69) is 32.7 Å². The van der Waals surface area contributed by atoms with Crippen LogP contribution in [-0.4, -0.2) is 23.3 Å². The Balaban J connectivity index is 2.29. The number of allylic oxidation sites excluding steroid dienone is 1. The Morgan fingerprint density at radius 3 is 2.41 bits per heavy atom. The molecule has 1 atom stereocenters. The molecule has 1 saturated carbocycles. The number of hydrogen-bond acceptors (Lipinski definition) is 2. The summed E-state index contributed by atoms with van der Waals surface area (Å²) in [4.78, 5) is 0. The summed E-state index contributed by atoms with van der Waals surface area (Å²) >= 11 is 0. The van der Waals surface area contributed by atoms with Gasteiger partial charge in [-0.05, 0) is 50.9 Å². The molecule has 1 rings (SSSR count). The van der Waals surface area contributed by atoms with Gasteiger partial charge in [0.25, 0.3) is 0 Å². The zero-order chi connectivity index (χ0) is 12.9. The lowest BCUT2D eigenvalue weighted by Crippen LogP contribution is -2.47. The molecule has 0 aromatic heterocycles. The molecule has 2 N–H and O–H groups in total. The zero-order valence-corrected chi connectivity index (χ0v) is 11.8. The second-order valence-electron chi connectivity index (χ2n) is 6.54. The fraction of sp³-hybridized carbons (Fsp3) is 0.867. The molecular weight excluding hydrogens is 210 g/mol. The van der Waals surface area contributed by atoms with Crippen molar-refractivity contribution in [1.29, 1.82) is 0 Å². The lowest BCUT2D eigenvalue weighted by atomic mass is 9.71. The van der Waals surface area contributed by atoms with Gasteiger partial charge in [-0.25, -0.2) is 0 Å². The third-order valence-electron chi connectivity index (χ3n) is 4.12. The van der Waals surface area contributed by atoms with Gasteiger partial charge in [-0.2, -0.15) is 0 Å². The number of hydrogen-bond donors (Lipinski definition) is 2. The van der Waals surface area contributed by atoms with Crippen LogP contribution in [-0.2, 0) is 0 Å². The van der Waals surface area contributed by atoms with Crippen LogP contribution in [0.2, 0.25) is 0 Å². The normalized spacial score (nSPS) is 24.2. The molecule has 0 aromatic rings. The molecule has 0 amide bonds. The quantitative estimate of drug-likeness (QED) is 0.697. The van der Waals surface area contributed by atoms with Crippen LogP contribution in [0.1, 0.15) is 59.3 Å². The molecule has 2 nitrogen and oxygen atoms in total. The first kappa shape index (κ1) is 14.7. The van der Waals surface area contributed by atoms with E-state index in [-0.39, 0.29) is 0 Å². The second kappa shape index (κ2) is 6.01.